The molecule has 2 aromatic carbocycles. The van der Waals surface area contributed by atoms with E-state index in [9.17, 15) is 4.79 Å². The standard InChI is InChI=1S/C25H28Br2ClN3O3/c1-5-8-9-21-30-19-11-10-17(26)13-18(19)25(32)31(21)29-14-16-12-20(33-7-3)24(23(28)22(16)27)34-15(4)6-2/h10-15H,5-9H2,1-4H3/t15-/m0/s1. The van der Waals surface area contributed by atoms with Crippen LogP contribution in [0.1, 0.15) is 58.3 Å². The lowest BCUT2D eigenvalue weighted by atomic mass is 10.2. The zero-order valence-corrected chi connectivity index (χ0v) is 23.6. The summed E-state index contributed by atoms with van der Waals surface area (Å²) in [4.78, 5) is 18.0. The second kappa shape index (κ2) is 12.2. The van der Waals surface area contributed by atoms with Gasteiger partial charge in [-0.25, -0.2) is 4.98 Å². The minimum Gasteiger partial charge on any atom is -0.490 e. The van der Waals surface area contributed by atoms with Crippen LogP contribution in [0, 0.1) is 0 Å². The van der Waals surface area contributed by atoms with Crippen LogP contribution in [0.2, 0.25) is 5.02 Å². The molecule has 1 aromatic heterocycles. The van der Waals surface area contributed by atoms with Gasteiger partial charge >= 0.3 is 0 Å². The maximum absolute atomic E-state index is 13.3. The van der Waals surface area contributed by atoms with Gasteiger partial charge in [-0.3, -0.25) is 4.79 Å². The molecular formula is C25H28Br2ClN3O3. The predicted molar refractivity (Wildman–Crippen MR) is 146 cm³/mol. The Morgan fingerprint density at radius 2 is 2.00 bits per heavy atom. The molecular weight excluding hydrogens is 586 g/mol. The Morgan fingerprint density at radius 3 is 2.68 bits per heavy atom. The van der Waals surface area contributed by atoms with E-state index in [2.05, 4.69) is 43.9 Å². The summed E-state index contributed by atoms with van der Waals surface area (Å²) in [6.07, 6.45) is 4.92. The highest BCUT2D eigenvalue weighted by Crippen LogP contribution is 2.43. The Hall–Kier alpha value is -1.90. The molecule has 0 amide bonds. The highest BCUT2D eigenvalue weighted by atomic mass is 79.9. The number of nitrogens with zero attached hydrogens (tertiary/aromatic N) is 3. The average Bonchev–Trinajstić information content (AvgIpc) is 2.82. The monoisotopic (exact) mass is 611 g/mol. The van der Waals surface area contributed by atoms with Crippen LogP contribution in [0.5, 0.6) is 11.5 Å². The minimum absolute atomic E-state index is 0.0224. The predicted octanol–water partition coefficient (Wildman–Crippen LogP) is 7.38. The van der Waals surface area contributed by atoms with Crippen LogP contribution in [0.15, 0.2) is 43.1 Å². The molecule has 1 heterocycles. The van der Waals surface area contributed by atoms with Crippen molar-refractivity contribution in [1.82, 2.24) is 9.66 Å². The topological polar surface area (TPSA) is 65.7 Å². The van der Waals surface area contributed by atoms with Crippen LogP contribution in [0.4, 0.5) is 0 Å². The first kappa shape index (κ1) is 26.7. The lowest BCUT2D eigenvalue weighted by Gasteiger charge is -2.19. The van der Waals surface area contributed by atoms with Gasteiger partial charge in [0.05, 0.1) is 29.8 Å². The minimum atomic E-state index is -0.224. The lowest BCUT2D eigenvalue weighted by Crippen LogP contribution is -2.22. The highest BCUT2D eigenvalue weighted by Gasteiger charge is 2.19. The molecule has 0 aliphatic heterocycles. The zero-order chi connectivity index (χ0) is 24.8. The molecule has 0 bridgehead atoms. The van der Waals surface area contributed by atoms with Gasteiger partial charge in [-0.15, -0.1) is 0 Å². The quantitative estimate of drug-likeness (QED) is 0.224. The van der Waals surface area contributed by atoms with Gasteiger partial charge in [0.2, 0.25) is 0 Å². The number of hydrogen-bond donors (Lipinski definition) is 0. The van der Waals surface area contributed by atoms with Gasteiger partial charge in [0, 0.05) is 20.9 Å². The van der Waals surface area contributed by atoms with Crippen molar-refractivity contribution in [3.63, 3.8) is 0 Å². The van der Waals surface area contributed by atoms with Crippen molar-refractivity contribution in [3.8, 4) is 11.5 Å². The second-order valence-electron chi connectivity index (χ2n) is 7.85. The largest absolute Gasteiger partial charge is 0.490 e. The van der Waals surface area contributed by atoms with Crippen LogP contribution in [0.25, 0.3) is 10.9 Å². The summed E-state index contributed by atoms with van der Waals surface area (Å²) < 4.78 is 14.6. The summed E-state index contributed by atoms with van der Waals surface area (Å²) in [5, 5.41) is 5.43. The van der Waals surface area contributed by atoms with Gasteiger partial charge in [0.1, 0.15) is 10.8 Å². The number of rotatable bonds is 10. The number of unbranched alkanes of at least 4 members (excludes halogenated alkanes) is 1. The number of benzene rings is 2. The number of fused-ring (bicyclic) bond motifs is 1. The molecule has 34 heavy (non-hydrogen) atoms. The van der Waals surface area contributed by atoms with Crippen molar-refractivity contribution in [2.24, 2.45) is 5.10 Å². The van der Waals surface area contributed by atoms with Crippen LogP contribution in [-0.2, 0) is 6.42 Å². The van der Waals surface area contributed by atoms with Gasteiger partial charge in [0.25, 0.3) is 5.56 Å². The molecule has 0 saturated carbocycles. The van der Waals surface area contributed by atoms with E-state index < -0.39 is 0 Å². The highest BCUT2D eigenvalue weighted by molar-refractivity contribution is 9.10. The lowest BCUT2D eigenvalue weighted by molar-refractivity contribution is 0.203. The van der Waals surface area contributed by atoms with E-state index in [-0.39, 0.29) is 11.7 Å². The van der Waals surface area contributed by atoms with Crippen LogP contribution < -0.4 is 15.0 Å². The molecule has 1 atom stereocenters. The number of aryl methyl sites for hydroxylation is 1. The molecule has 0 aliphatic rings. The maximum Gasteiger partial charge on any atom is 0.282 e. The molecule has 6 nitrogen and oxygen atoms in total. The summed E-state index contributed by atoms with van der Waals surface area (Å²) in [5.74, 6) is 1.62. The smallest absolute Gasteiger partial charge is 0.282 e. The summed E-state index contributed by atoms with van der Waals surface area (Å²) in [6.45, 7) is 8.47. The van der Waals surface area contributed by atoms with Crippen molar-refractivity contribution in [2.45, 2.75) is 59.5 Å². The van der Waals surface area contributed by atoms with E-state index in [1.807, 2.05) is 39.0 Å². The van der Waals surface area contributed by atoms with E-state index in [1.54, 1.807) is 12.3 Å². The average molecular weight is 614 g/mol. The van der Waals surface area contributed by atoms with Gasteiger partial charge in [-0.2, -0.15) is 9.78 Å². The number of aromatic nitrogens is 2. The van der Waals surface area contributed by atoms with E-state index in [0.29, 0.717) is 56.3 Å². The Bertz CT molecular complexity index is 1260. The van der Waals surface area contributed by atoms with Crippen LogP contribution in [-0.4, -0.2) is 28.6 Å². The molecule has 0 spiro atoms. The third-order valence-corrected chi connectivity index (χ3v) is 7.23. The SMILES string of the molecule is CCCCc1nc2ccc(Br)cc2c(=O)n1N=Cc1cc(OCC)c(O[C@@H](C)CC)c(Cl)c1Br. The Kier molecular flexibility index (Phi) is 9.56. The maximum atomic E-state index is 13.3. The van der Waals surface area contributed by atoms with E-state index >= 15 is 0 Å². The number of ether oxygens (including phenoxy) is 2. The van der Waals surface area contributed by atoms with Gasteiger partial charge < -0.3 is 9.47 Å². The van der Waals surface area contributed by atoms with E-state index in [1.165, 1.54) is 4.68 Å². The fraction of sp³-hybridized carbons (Fsp3) is 0.400. The van der Waals surface area contributed by atoms with Crippen molar-refractivity contribution in [3.05, 3.63) is 60.0 Å². The normalized spacial score (nSPS) is 12.4. The summed E-state index contributed by atoms with van der Waals surface area (Å²) in [5.41, 5.74) is 1.09. The van der Waals surface area contributed by atoms with Crippen molar-refractivity contribution in [1.29, 1.82) is 0 Å². The van der Waals surface area contributed by atoms with Gasteiger partial charge in [-0.05, 0) is 66.9 Å². The first-order valence-corrected chi connectivity index (χ1v) is 13.3. The molecule has 3 rings (SSSR count). The number of hydrogen-bond acceptors (Lipinski definition) is 5. The van der Waals surface area contributed by atoms with Crippen molar-refractivity contribution in [2.75, 3.05) is 6.61 Å². The fourth-order valence-corrected chi connectivity index (χ4v) is 4.29. The molecule has 0 fully saturated rings. The first-order valence-electron chi connectivity index (χ1n) is 11.4. The second-order valence-corrected chi connectivity index (χ2v) is 9.93. The third-order valence-electron chi connectivity index (χ3n) is 5.29. The first-order chi connectivity index (χ1) is 16.3. The van der Waals surface area contributed by atoms with E-state index in [4.69, 9.17) is 26.1 Å². The van der Waals surface area contributed by atoms with Crippen molar-refractivity contribution >= 4 is 60.6 Å². The number of halogens is 3. The molecule has 0 N–H and O–H groups in total. The molecule has 3 aromatic rings. The van der Waals surface area contributed by atoms with Gasteiger partial charge in [-0.1, -0.05) is 47.8 Å². The summed E-state index contributed by atoms with van der Waals surface area (Å²) in [7, 11) is 0. The fourth-order valence-electron chi connectivity index (χ4n) is 3.29. The zero-order valence-electron chi connectivity index (χ0n) is 19.7. The Morgan fingerprint density at radius 1 is 1.24 bits per heavy atom. The van der Waals surface area contributed by atoms with Crippen LogP contribution in [0.3, 0.4) is 0 Å². The Balaban J connectivity index is 2.13. The van der Waals surface area contributed by atoms with Crippen molar-refractivity contribution < 1.29 is 9.47 Å². The molecule has 0 saturated heterocycles. The molecule has 182 valence electrons. The van der Waals surface area contributed by atoms with E-state index in [0.717, 1.165) is 23.7 Å². The Labute approximate surface area is 221 Å². The third kappa shape index (κ3) is 6.01. The van der Waals surface area contributed by atoms with Gasteiger partial charge in [0.15, 0.2) is 11.5 Å². The van der Waals surface area contributed by atoms with Crippen LogP contribution >= 0.6 is 43.5 Å². The molecule has 0 unspecified atom stereocenters. The molecule has 9 heteroatoms. The molecule has 0 aliphatic carbocycles. The molecule has 0 radical (unpaired) electrons. The summed E-state index contributed by atoms with van der Waals surface area (Å²) >= 11 is 13.6. The summed E-state index contributed by atoms with van der Waals surface area (Å²) in [6, 6.07) is 7.29.